The second-order valence-corrected chi connectivity index (χ2v) is 5.43. The summed E-state index contributed by atoms with van der Waals surface area (Å²) >= 11 is 0. The number of aliphatic imine (C=N–C) groups is 1. The molecule has 1 N–H and O–H groups in total. The molecule has 92 valence electrons. The Balaban J connectivity index is 1.84. The summed E-state index contributed by atoms with van der Waals surface area (Å²) < 4.78 is 0. The van der Waals surface area contributed by atoms with Gasteiger partial charge in [0.1, 0.15) is 0 Å². The van der Waals surface area contributed by atoms with Crippen LogP contribution in [0.2, 0.25) is 0 Å². The van der Waals surface area contributed by atoms with E-state index in [0.29, 0.717) is 0 Å². The molecule has 0 bridgehead atoms. The molecule has 1 aliphatic rings. The number of hydrogen-bond donors (Lipinski definition) is 1. The molecule has 0 fully saturated rings. The van der Waals surface area contributed by atoms with Gasteiger partial charge >= 0.3 is 0 Å². The Kier molecular flexibility index (Phi) is 3.82. The molecule has 0 saturated carbocycles. The summed E-state index contributed by atoms with van der Waals surface area (Å²) in [5.41, 5.74) is 1.55. The van der Waals surface area contributed by atoms with Gasteiger partial charge in [-0.25, -0.2) is 0 Å². The zero-order valence-corrected chi connectivity index (χ0v) is 10.9. The molecule has 0 amide bonds. The number of rotatable bonds is 4. The number of benzene rings is 1. The van der Waals surface area contributed by atoms with E-state index in [1.165, 1.54) is 17.8 Å². The summed E-state index contributed by atoms with van der Waals surface area (Å²) in [6.45, 7) is 5.52. The molecule has 0 saturated heterocycles. The van der Waals surface area contributed by atoms with Crippen molar-refractivity contribution in [2.24, 2.45) is 4.99 Å². The Morgan fingerprint density at radius 2 is 2.00 bits per heavy atom. The lowest BCUT2D eigenvalue weighted by molar-refractivity contribution is 0.423. The van der Waals surface area contributed by atoms with Gasteiger partial charge in [0.25, 0.3) is 0 Å². The Hall–Kier alpha value is -1.31. The molecule has 2 heteroatoms. The number of nitrogens with one attached hydrogen (secondary N) is 1. The van der Waals surface area contributed by atoms with Crippen LogP contribution in [-0.4, -0.2) is 17.9 Å². The van der Waals surface area contributed by atoms with Crippen molar-refractivity contribution in [3.8, 4) is 0 Å². The SMILES string of the molecule is CC(C)(CCc1ccccc1)NC1=NCCC1. The van der Waals surface area contributed by atoms with Gasteiger partial charge in [0.2, 0.25) is 0 Å². The van der Waals surface area contributed by atoms with Crippen LogP contribution in [0.25, 0.3) is 0 Å². The third-order valence-corrected chi connectivity index (χ3v) is 3.24. The van der Waals surface area contributed by atoms with Crippen molar-refractivity contribution in [1.82, 2.24) is 5.32 Å². The Labute approximate surface area is 104 Å². The first-order valence-corrected chi connectivity index (χ1v) is 6.51. The lowest BCUT2D eigenvalue weighted by Crippen LogP contribution is -2.43. The van der Waals surface area contributed by atoms with Crippen molar-refractivity contribution < 1.29 is 0 Å². The summed E-state index contributed by atoms with van der Waals surface area (Å²) in [4.78, 5) is 4.48. The van der Waals surface area contributed by atoms with Crippen LogP contribution >= 0.6 is 0 Å². The minimum atomic E-state index is 0.138. The number of nitrogens with zero attached hydrogens (tertiary/aromatic N) is 1. The van der Waals surface area contributed by atoms with Crippen molar-refractivity contribution in [3.63, 3.8) is 0 Å². The van der Waals surface area contributed by atoms with Crippen molar-refractivity contribution in [3.05, 3.63) is 35.9 Å². The van der Waals surface area contributed by atoms with Crippen LogP contribution in [0.5, 0.6) is 0 Å². The normalized spacial score (nSPS) is 15.8. The van der Waals surface area contributed by atoms with Gasteiger partial charge < -0.3 is 5.32 Å². The summed E-state index contributed by atoms with van der Waals surface area (Å²) in [5.74, 6) is 1.20. The molecule has 0 radical (unpaired) electrons. The van der Waals surface area contributed by atoms with Gasteiger partial charge in [0.15, 0.2) is 0 Å². The van der Waals surface area contributed by atoms with Gasteiger partial charge in [-0.1, -0.05) is 30.3 Å². The van der Waals surface area contributed by atoms with Gasteiger partial charge in [0, 0.05) is 18.5 Å². The van der Waals surface area contributed by atoms with Gasteiger partial charge in [-0.05, 0) is 38.7 Å². The third-order valence-electron chi connectivity index (χ3n) is 3.24. The molecule has 0 aromatic heterocycles. The zero-order valence-electron chi connectivity index (χ0n) is 10.9. The third kappa shape index (κ3) is 3.88. The van der Waals surface area contributed by atoms with E-state index in [0.717, 1.165) is 25.8 Å². The minimum absolute atomic E-state index is 0.138. The second kappa shape index (κ2) is 5.35. The quantitative estimate of drug-likeness (QED) is 0.844. The van der Waals surface area contributed by atoms with E-state index in [1.54, 1.807) is 0 Å². The monoisotopic (exact) mass is 230 g/mol. The smallest absolute Gasteiger partial charge is 0.0967 e. The Bertz CT molecular complexity index is 379. The van der Waals surface area contributed by atoms with E-state index in [-0.39, 0.29) is 5.54 Å². The van der Waals surface area contributed by atoms with Crippen LogP contribution in [0.4, 0.5) is 0 Å². The van der Waals surface area contributed by atoms with Gasteiger partial charge in [0.05, 0.1) is 5.84 Å². The number of aryl methyl sites for hydroxylation is 1. The minimum Gasteiger partial charge on any atom is -0.369 e. The molecule has 0 spiro atoms. The molecular formula is C15H22N2. The topological polar surface area (TPSA) is 24.4 Å². The molecule has 2 nitrogen and oxygen atoms in total. The van der Waals surface area contributed by atoms with E-state index in [2.05, 4.69) is 54.5 Å². The molecule has 0 unspecified atom stereocenters. The number of hydrogen-bond acceptors (Lipinski definition) is 2. The first kappa shape index (κ1) is 12.2. The summed E-state index contributed by atoms with van der Waals surface area (Å²) in [7, 11) is 0. The lowest BCUT2D eigenvalue weighted by atomic mass is 9.95. The summed E-state index contributed by atoms with van der Waals surface area (Å²) in [5, 5.41) is 3.58. The first-order chi connectivity index (χ1) is 8.16. The Morgan fingerprint density at radius 1 is 1.24 bits per heavy atom. The number of amidine groups is 1. The van der Waals surface area contributed by atoms with Crippen molar-refractivity contribution in [2.45, 2.75) is 45.1 Å². The molecule has 1 aliphatic heterocycles. The summed E-state index contributed by atoms with van der Waals surface area (Å²) in [6.07, 6.45) is 4.58. The maximum absolute atomic E-state index is 4.48. The highest BCUT2D eigenvalue weighted by Crippen LogP contribution is 2.15. The zero-order chi connectivity index (χ0) is 12.1. The van der Waals surface area contributed by atoms with E-state index in [1.807, 2.05) is 0 Å². The molecular weight excluding hydrogens is 208 g/mol. The fraction of sp³-hybridized carbons (Fsp3) is 0.533. The largest absolute Gasteiger partial charge is 0.369 e. The van der Waals surface area contributed by atoms with E-state index in [9.17, 15) is 0 Å². The average molecular weight is 230 g/mol. The average Bonchev–Trinajstić information content (AvgIpc) is 2.80. The van der Waals surface area contributed by atoms with Crippen LogP contribution in [0.3, 0.4) is 0 Å². The summed E-state index contributed by atoms with van der Waals surface area (Å²) in [6, 6.07) is 10.7. The molecule has 2 rings (SSSR count). The van der Waals surface area contributed by atoms with Crippen LogP contribution in [0.15, 0.2) is 35.3 Å². The van der Waals surface area contributed by atoms with Crippen molar-refractivity contribution >= 4 is 5.84 Å². The van der Waals surface area contributed by atoms with Crippen molar-refractivity contribution in [2.75, 3.05) is 6.54 Å². The first-order valence-electron chi connectivity index (χ1n) is 6.51. The molecule has 1 aromatic carbocycles. The standard InChI is InChI=1S/C15H22N2/c1-15(2,17-14-9-6-12-16-14)11-10-13-7-4-3-5-8-13/h3-5,7-8H,6,9-12H2,1-2H3,(H,16,17). The van der Waals surface area contributed by atoms with E-state index >= 15 is 0 Å². The predicted molar refractivity (Wildman–Crippen MR) is 73.5 cm³/mol. The second-order valence-electron chi connectivity index (χ2n) is 5.43. The van der Waals surface area contributed by atoms with Gasteiger partial charge in [-0.3, -0.25) is 4.99 Å². The molecule has 0 aliphatic carbocycles. The van der Waals surface area contributed by atoms with Crippen LogP contribution in [-0.2, 0) is 6.42 Å². The highest BCUT2D eigenvalue weighted by Gasteiger charge is 2.20. The highest BCUT2D eigenvalue weighted by atomic mass is 15.1. The lowest BCUT2D eigenvalue weighted by Gasteiger charge is -2.27. The fourth-order valence-electron chi connectivity index (χ4n) is 2.20. The molecule has 0 atom stereocenters. The van der Waals surface area contributed by atoms with E-state index < -0.39 is 0 Å². The van der Waals surface area contributed by atoms with Gasteiger partial charge in [-0.15, -0.1) is 0 Å². The fourth-order valence-corrected chi connectivity index (χ4v) is 2.20. The van der Waals surface area contributed by atoms with Crippen LogP contribution in [0.1, 0.15) is 38.7 Å². The van der Waals surface area contributed by atoms with Gasteiger partial charge in [-0.2, -0.15) is 0 Å². The van der Waals surface area contributed by atoms with E-state index in [4.69, 9.17) is 0 Å². The molecule has 1 heterocycles. The van der Waals surface area contributed by atoms with Crippen molar-refractivity contribution in [1.29, 1.82) is 0 Å². The maximum Gasteiger partial charge on any atom is 0.0967 e. The van der Waals surface area contributed by atoms with Crippen LogP contribution < -0.4 is 5.32 Å². The predicted octanol–water partition coefficient (Wildman–Crippen LogP) is 3.18. The molecule has 1 aromatic rings. The van der Waals surface area contributed by atoms with Crippen LogP contribution in [0, 0.1) is 0 Å². The molecule has 17 heavy (non-hydrogen) atoms. The highest BCUT2D eigenvalue weighted by molar-refractivity contribution is 5.84. The maximum atomic E-state index is 4.48. The Morgan fingerprint density at radius 3 is 2.65 bits per heavy atom.